The number of hydrogen-bond acceptors (Lipinski definition) is 6. The molecule has 138 valence electrons. The van der Waals surface area contributed by atoms with Gasteiger partial charge in [-0.3, -0.25) is 10.1 Å². The molecule has 0 unspecified atom stereocenters. The van der Waals surface area contributed by atoms with Crippen molar-refractivity contribution < 1.29 is 18.1 Å². The van der Waals surface area contributed by atoms with E-state index in [2.05, 4.69) is 5.10 Å². The van der Waals surface area contributed by atoms with E-state index in [1.54, 1.807) is 24.3 Å². The molecule has 0 radical (unpaired) electrons. The van der Waals surface area contributed by atoms with E-state index in [0.29, 0.717) is 23.8 Å². The maximum absolute atomic E-state index is 12.2. The molecule has 8 nitrogen and oxygen atoms in total. The molecule has 1 N–H and O–H groups in total. The van der Waals surface area contributed by atoms with E-state index in [1.807, 2.05) is 18.7 Å². The van der Waals surface area contributed by atoms with Gasteiger partial charge in [-0.05, 0) is 29.7 Å². The zero-order valence-corrected chi connectivity index (χ0v) is 15.1. The molecule has 9 heteroatoms. The first-order chi connectivity index (χ1) is 12.3. The zero-order valence-electron chi connectivity index (χ0n) is 14.3. The highest BCUT2D eigenvalue weighted by Gasteiger charge is 2.16. The second kappa shape index (κ2) is 8.43. The van der Waals surface area contributed by atoms with E-state index >= 15 is 0 Å². The Morgan fingerprint density at radius 3 is 2.65 bits per heavy atom. The number of benzene rings is 2. The van der Waals surface area contributed by atoms with Crippen LogP contribution in [-0.4, -0.2) is 26.2 Å². The third kappa shape index (κ3) is 5.55. The van der Waals surface area contributed by atoms with Gasteiger partial charge in [0, 0.05) is 12.1 Å². The highest BCUT2D eigenvalue weighted by atomic mass is 32.2. The van der Waals surface area contributed by atoms with Crippen molar-refractivity contribution in [2.75, 3.05) is 6.61 Å². The maximum atomic E-state index is 12.2. The number of nitrogens with one attached hydrogen (secondary N) is 1. The van der Waals surface area contributed by atoms with Crippen LogP contribution in [0.2, 0.25) is 0 Å². The number of nitro groups is 1. The molecule has 0 aromatic heterocycles. The van der Waals surface area contributed by atoms with Crippen molar-refractivity contribution >= 4 is 21.9 Å². The summed E-state index contributed by atoms with van der Waals surface area (Å²) < 4.78 is 29.9. The number of nitrogens with zero attached hydrogens (tertiary/aromatic N) is 2. The molecule has 2 rings (SSSR count). The molecule has 0 saturated heterocycles. The first kappa shape index (κ1) is 19.4. The Bertz CT molecular complexity index is 910. The van der Waals surface area contributed by atoms with Crippen LogP contribution in [0.4, 0.5) is 5.69 Å². The Kier molecular flexibility index (Phi) is 6.29. The summed E-state index contributed by atoms with van der Waals surface area (Å²) in [7, 11) is -4.00. The lowest BCUT2D eigenvalue weighted by atomic mass is 10.2. The van der Waals surface area contributed by atoms with Gasteiger partial charge in [0.05, 0.1) is 22.6 Å². The van der Waals surface area contributed by atoms with Crippen molar-refractivity contribution in [2.24, 2.45) is 11.0 Å². The van der Waals surface area contributed by atoms with Gasteiger partial charge in [0.1, 0.15) is 5.75 Å². The monoisotopic (exact) mass is 377 g/mol. The van der Waals surface area contributed by atoms with E-state index in [9.17, 15) is 18.5 Å². The van der Waals surface area contributed by atoms with Crippen molar-refractivity contribution in [3.05, 3.63) is 64.2 Å². The van der Waals surface area contributed by atoms with Gasteiger partial charge in [-0.15, -0.1) is 0 Å². The molecule has 0 saturated carbocycles. The molecule has 0 bridgehead atoms. The van der Waals surface area contributed by atoms with E-state index in [4.69, 9.17) is 4.74 Å². The fourth-order valence-electron chi connectivity index (χ4n) is 1.93. The molecule has 2 aromatic carbocycles. The average molecular weight is 377 g/mol. The van der Waals surface area contributed by atoms with Crippen molar-refractivity contribution in [3.8, 4) is 5.75 Å². The van der Waals surface area contributed by atoms with E-state index in [1.165, 1.54) is 24.4 Å². The van der Waals surface area contributed by atoms with Gasteiger partial charge >= 0.3 is 0 Å². The molecule has 0 aliphatic carbocycles. The number of hydrazone groups is 1. The van der Waals surface area contributed by atoms with Crippen LogP contribution in [0.15, 0.2) is 58.5 Å². The Morgan fingerprint density at radius 1 is 1.23 bits per heavy atom. The van der Waals surface area contributed by atoms with Crippen molar-refractivity contribution in [3.63, 3.8) is 0 Å². The minimum atomic E-state index is -4.00. The highest BCUT2D eigenvalue weighted by Crippen LogP contribution is 2.17. The fraction of sp³-hybridized carbons (Fsp3) is 0.235. The Balaban J connectivity index is 2.08. The topological polar surface area (TPSA) is 111 Å². The third-order valence-electron chi connectivity index (χ3n) is 3.17. The predicted octanol–water partition coefficient (Wildman–Crippen LogP) is 2.94. The summed E-state index contributed by atoms with van der Waals surface area (Å²) in [4.78, 5) is 11.9. The smallest absolute Gasteiger partial charge is 0.276 e. The molecular weight excluding hydrogens is 358 g/mol. The number of sulfonamides is 1. The lowest BCUT2D eigenvalue weighted by Gasteiger charge is -2.08. The molecule has 0 spiro atoms. The summed E-state index contributed by atoms with van der Waals surface area (Å²) in [5, 5.41) is 14.5. The second-order valence-corrected chi connectivity index (χ2v) is 7.55. The third-order valence-corrected chi connectivity index (χ3v) is 4.39. The fourth-order valence-corrected chi connectivity index (χ4v) is 2.77. The summed E-state index contributed by atoms with van der Waals surface area (Å²) in [6.45, 7) is 4.64. The van der Waals surface area contributed by atoms with Gasteiger partial charge < -0.3 is 4.74 Å². The lowest BCUT2D eigenvalue weighted by Crippen LogP contribution is -2.18. The van der Waals surface area contributed by atoms with Gasteiger partial charge in [0.15, 0.2) is 0 Å². The summed E-state index contributed by atoms with van der Waals surface area (Å²) in [6.07, 6.45) is 1.33. The SMILES string of the molecule is CC(C)COc1cccc(/C=N/NS(=O)(=O)c2cccc([N+](=O)[O-])c2)c1. The van der Waals surface area contributed by atoms with Gasteiger partial charge in [0.25, 0.3) is 15.7 Å². The Hall–Kier alpha value is -2.94. The first-order valence-electron chi connectivity index (χ1n) is 7.80. The largest absolute Gasteiger partial charge is 0.493 e. The van der Waals surface area contributed by atoms with E-state index in [0.717, 1.165) is 6.07 Å². The molecule has 0 fully saturated rings. The van der Waals surface area contributed by atoms with Crippen LogP contribution in [0.25, 0.3) is 0 Å². The quantitative estimate of drug-likeness (QED) is 0.432. The number of rotatable bonds is 8. The minimum absolute atomic E-state index is 0.238. The summed E-state index contributed by atoms with van der Waals surface area (Å²) in [5.74, 6) is 1.04. The molecular formula is C17H19N3O5S. The van der Waals surface area contributed by atoms with Gasteiger partial charge in [-0.25, -0.2) is 4.83 Å². The molecule has 2 aromatic rings. The van der Waals surface area contributed by atoms with Crippen molar-refractivity contribution in [2.45, 2.75) is 18.7 Å². The Labute approximate surface area is 151 Å². The van der Waals surface area contributed by atoms with Crippen LogP contribution in [0.1, 0.15) is 19.4 Å². The molecule has 0 heterocycles. The van der Waals surface area contributed by atoms with Crippen LogP contribution in [-0.2, 0) is 10.0 Å². The second-order valence-electron chi connectivity index (χ2n) is 5.88. The minimum Gasteiger partial charge on any atom is -0.493 e. The van der Waals surface area contributed by atoms with Crippen LogP contribution in [0.3, 0.4) is 0 Å². The molecule has 0 aliphatic heterocycles. The summed E-state index contributed by atoms with van der Waals surface area (Å²) >= 11 is 0. The van der Waals surface area contributed by atoms with Crippen molar-refractivity contribution in [1.29, 1.82) is 0 Å². The number of nitro benzene ring substituents is 1. The standard InChI is InChI=1S/C17H19N3O5S/c1-13(2)12-25-16-7-3-5-14(9-16)11-18-19-26(23,24)17-8-4-6-15(10-17)20(21)22/h3-11,13,19H,12H2,1-2H3/b18-11+. The number of non-ortho nitro benzene ring substituents is 1. The molecule has 0 atom stereocenters. The van der Waals surface area contributed by atoms with Gasteiger partial charge in [-0.2, -0.15) is 13.5 Å². The highest BCUT2D eigenvalue weighted by molar-refractivity contribution is 7.89. The van der Waals surface area contributed by atoms with Crippen molar-refractivity contribution in [1.82, 2.24) is 4.83 Å². The van der Waals surface area contributed by atoms with E-state index in [-0.39, 0.29) is 10.6 Å². The molecule has 0 amide bonds. The van der Waals surface area contributed by atoms with Gasteiger partial charge in [0.2, 0.25) is 0 Å². The van der Waals surface area contributed by atoms with Crippen LogP contribution in [0, 0.1) is 16.0 Å². The molecule has 0 aliphatic rings. The first-order valence-corrected chi connectivity index (χ1v) is 9.28. The summed E-state index contributed by atoms with van der Waals surface area (Å²) in [5.41, 5.74) is 0.333. The van der Waals surface area contributed by atoms with Crippen LogP contribution < -0.4 is 9.57 Å². The average Bonchev–Trinajstić information content (AvgIpc) is 2.60. The number of hydrogen-bond donors (Lipinski definition) is 1. The molecule has 26 heavy (non-hydrogen) atoms. The maximum Gasteiger partial charge on any atom is 0.276 e. The summed E-state index contributed by atoms with van der Waals surface area (Å²) in [6, 6.07) is 11.8. The van der Waals surface area contributed by atoms with E-state index < -0.39 is 14.9 Å². The van der Waals surface area contributed by atoms with Crippen LogP contribution in [0.5, 0.6) is 5.75 Å². The van der Waals surface area contributed by atoms with Gasteiger partial charge in [-0.1, -0.05) is 32.0 Å². The number of ether oxygens (including phenoxy) is 1. The zero-order chi connectivity index (χ0) is 19.2. The van der Waals surface area contributed by atoms with Crippen LogP contribution >= 0.6 is 0 Å². The lowest BCUT2D eigenvalue weighted by molar-refractivity contribution is -0.385. The predicted molar refractivity (Wildman–Crippen MR) is 97.8 cm³/mol. The normalized spacial score (nSPS) is 11.7. The Morgan fingerprint density at radius 2 is 1.96 bits per heavy atom.